The van der Waals surface area contributed by atoms with E-state index < -0.39 is 0 Å². The molecule has 0 fully saturated rings. The molecule has 3 rings (SSSR count). The monoisotopic (exact) mass is 312 g/mol. The fraction of sp³-hybridized carbons (Fsp3) is 0.294. The Balaban J connectivity index is 1.54. The van der Waals surface area contributed by atoms with Crippen molar-refractivity contribution >= 4 is 17.5 Å². The number of nitrogens with zero attached hydrogens (tertiary/aromatic N) is 2. The summed E-state index contributed by atoms with van der Waals surface area (Å²) < 4.78 is 10.3. The Hall–Kier alpha value is -2.76. The van der Waals surface area contributed by atoms with Gasteiger partial charge in [-0.05, 0) is 42.7 Å². The predicted molar refractivity (Wildman–Crippen MR) is 90.2 cm³/mol. The minimum absolute atomic E-state index is 0.177. The highest BCUT2D eigenvalue weighted by Crippen LogP contribution is 2.19. The van der Waals surface area contributed by atoms with Crippen LogP contribution >= 0.6 is 0 Å². The molecule has 3 N–H and O–H groups in total. The number of nitrogens with one attached hydrogen (secondary N) is 1. The Labute approximate surface area is 135 Å². The van der Waals surface area contributed by atoms with E-state index in [1.807, 2.05) is 24.3 Å². The summed E-state index contributed by atoms with van der Waals surface area (Å²) in [5.41, 5.74) is 7.77. The molecule has 6 heteroatoms. The average Bonchev–Trinajstić information content (AvgIpc) is 3.00. The van der Waals surface area contributed by atoms with Gasteiger partial charge in [0.1, 0.15) is 18.2 Å². The first-order valence-corrected chi connectivity index (χ1v) is 7.55. The minimum atomic E-state index is 0.177. The lowest BCUT2D eigenvalue weighted by molar-refractivity contribution is 0.308. The third-order valence-corrected chi connectivity index (χ3v) is 3.70. The maximum absolute atomic E-state index is 5.51. The third kappa shape index (κ3) is 4.12. The summed E-state index contributed by atoms with van der Waals surface area (Å²) in [4.78, 5) is 8.52. The zero-order chi connectivity index (χ0) is 16.1. The molecule has 2 aromatic rings. The Morgan fingerprint density at radius 1 is 1.26 bits per heavy atom. The number of aliphatic imine (C=N–C) groups is 1. The molecule has 0 amide bonds. The second kappa shape index (κ2) is 7.00. The van der Waals surface area contributed by atoms with Crippen LogP contribution in [0.4, 0.5) is 11.5 Å². The number of benzene rings is 1. The molecule has 2 heterocycles. The lowest BCUT2D eigenvalue weighted by Crippen LogP contribution is -2.10. The molecule has 1 unspecified atom stereocenters. The van der Waals surface area contributed by atoms with Gasteiger partial charge in [0.25, 0.3) is 6.02 Å². The molecule has 1 aromatic carbocycles. The molecule has 23 heavy (non-hydrogen) atoms. The highest BCUT2D eigenvalue weighted by atomic mass is 16.5. The summed E-state index contributed by atoms with van der Waals surface area (Å²) in [6, 6.07) is 12.5. The van der Waals surface area contributed by atoms with Crippen molar-refractivity contribution in [3.05, 3.63) is 48.2 Å². The van der Waals surface area contributed by atoms with Crippen LogP contribution in [0.15, 0.2) is 47.6 Å². The van der Waals surface area contributed by atoms with Crippen LogP contribution in [-0.4, -0.2) is 30.8 Å². The van der Waals surface area contributed by atoms with Crippen molar-refractivity contribution in [2.24, 2.45) is 10.7 Å². The Morgan fingerprint density at radius 2 is 2.09 bits per heavy atom. The van der Waals surface area contributed by atoms with Gasteiger partial charge >= 0.3 is 0 Å². The van der Waals surface area contributed by atoms with Crippen molar-refractivity contribution < 1.29 is 9.47 Å². The fourth-order valence-corrected chi connectivity index (χ4v) is 2.39. The molecule has 1 aliphatic rings. The lowest BCUT2D eigenvalue weighted by Gasteiger charge is -2.08. The topological polar surface area (TPSA) is 81.8 Å². The standard InChI is InChI=1S/C17H20N4O2/c1-22-15-8-9-16(19-10-15)20-13-5-2-12(3-6-13)4-7-14-11-23-17(18)21-14/h2-3,5-6,8-10,14H,4,7,11H2,1H3,(H2,18,21)(H,19,20). The summed E-state index contributed by atoms with van der Waals surface area (Å²) in [6.07, 6.45) is 3.58. The van der Waals surface area contributed by atoms with Gasteiger partial charge in [0.05, 0.1) is 19.3 Å². The zero-order valence-corrected chi connectivity index (χ0v) is 13.0. The van der Waals surface area contributed by atoms with E-state index in [0.717, 1.165) is 30.1 Å². The number of pyridine rings is 1. The maximum Gasteiger partial charge on any atom is 0.282 e. The van der Waals surface area contributed by atoms with E-state index in [9.17, 15) is 0 Å². The number of rotatable bonds is 6. The van der Waals surface area contributed by atoms with Crippen LogP contribution in [0.5, 0.6) is 5.75 Å². The molecule has 0 radical (unpaired) electrons. The number of anilines is 2. The van der Waals surface area contributed by atoms with Crippen LogP contribution in [0.2, 0.25) is 0 Å². The molecule has 1 aliphatic heterocycles. The van der Waals surface area contributed by atoms with Crippen LogP contribution in [0.25, 0.3) is 0 Å². The van der Waals surface area contributed by atoms with Crippen molar-refractivity contribution in [3.8, 4) is 5.75 Å². The molecule has 0 saturated heterocycles. The summed E-state index contributed by atoms with van der Waals surface area (Å²) in [6.45, 7) is 0.592. The summed E-state index contributed by atoms with van der Waals surface area (Å²) >= 11 is 0. The number of methoxy groups -OCH3 is 1. The van der Waals surface area contributed by atoms with Gasteiger partial charge in [-0.25, -0.2) is 9.98 Å². The number of hydrogen-bond acceptors (Lipinski definition) is 6. The summed E-state index contributed by atoms with van der Waals surface area (Å²) in [5.74, 6) is 1.52. The van der Waals surface area contributed by atoms with E-state index >= 15 is 0 Å². The molecule has 6 nitrogen and oxygen atoms in total. The van der Waals surface area contributed by atoms with Crippen LogP contribution in [0, 0.1) is 0 Å². The molecule has 0 bridgehead atoms. The molecule has 0 spiro atoms. The number of hydrogen-bond donors (Lipinski definition) is 2. The van der Waals surface area contributed by atoms with E-state index in [2.05, 4.69) is 27.4 Å². The first-order valence-electron chi connectivity index (χ1n) is 7.55. The van der Waals surface area contributed by atoms with E-state index in [1.165, 1.54) is 5.56 Å². The molecule has 1 atom stereocenters. The van der Waals surface area contributed by atoms with Gasteiger partial charge in [0, 0.05) is 5.69 Å². The van der Waals surface area contributed by atoms with Crippen LogP contribution in [0.1, 0.15) is 12.0 Å². The number of ether oxygens (including phenoxy) is 2. The molecule has 0 aliphatic carbocycles. The van der Waals surface area contributed by atoms with Crippen molar-refractivity contribution in [2.75, 3.05) is 19.0 Å². The first-order chi connectivity index (χ1) is 11.2. The van der Waals surface area contributed by atoms with Gasteiger partial charge in [-0.15, -0.1) is 0 Å². The third-order valence-electron chi connectivity index (χ3n) is 3.70. The van der Waals surface area contributed by atoms with Crippen LogP contribution in [-0.2, 0) is 11.2 Å². The maximum atomic E-state index is 5.51. The van der Waals surface area contributed by atoms with Crippen LogP contribution < -0.4 is 15.8 Å². The van der Waals surface area contributed by atoms with E-state index in [-0.39, 0.29) is 6.04 Å². The van der Waals surface area contributed by atoms with Gasteiger partial charge < -0.3 is 20.5 Å². The Bertz CT molecular complexity index is 668. The fourth-order valence-electron chi connectivity index (χ4n) is 2.39. The minimum Gasteiger partial charge on any atom is -0.495 e. The molecule has 0 saturated carbocycles. The SMILES string of the molecule is COc1ccc(Nc2ccc(CCC3COC(N)=N3)cc2)nc1. The largest absolute Gasteiger partial charge is 0.495 e. The molecular formula is C17H20N4O2. The van der Waals surface area contributed by atoms with Gasteiger partial charge in [-0.1, -0.05) is 12.1 Å². The Morgan fingerprint density at radius 3 is 2.70 bits per heavy atom. The molecule has 120 valence electrons. The van der Waals surface area contributed by atoms with Crippen LogP contribution in [0.3, 0.4) is 0 Å². The summed E-state index contributed by atoms with van der Waals surface area (Å²) in [5, 5.41) is 3.26. The smallest absolute Gasteiger partial charge is 0.282 e. The van der Waals surface area contributed by atoms with Crippen molar-refractivity contribution in [1.29, 1.82) is 0 Å². The average molecular weight is 312 g/mol. The van der Waals surface area contributed by atoms with Crippen molar-refractivity contribution in [3.63, 3.8) is 0 Å². The predicted octanol–water partition coefficient (Wildman–Crippen LogP) is 2.48. The number of amidine groups is 1. The molecular weight excluding hydrogens is 292 g/mol. The van der Waals surface area contributed by atoms with E-state index in [1.54, 1.807) is 13.3 Å². The first kappa shape index (κ1) is 15.1. The number of nitrogens with two attached hydrogens (primary N) is 1. The second-order valence-corrected chi connectivity index (χ2v) is 5.38. The normalized spacial score (nSPS) is 16.6. The highest BCUT2D eigenvalue weighted by molar-refractivity contribution is 5.73. The quantitative estimate of drug-likeness (QED) is 0.856. The van der Waals surface area contributed by atoms with Gasteiger partial charge in [0.2, 0.25) is 0 Å². The summed E-state index contributed by atoms with van der Waals surface area (Å²) in [7, 11) is 1.63. The van der Waals surface area contributed by atoms with E-state index in [4.69, 9.17) is 15.2 Å². The molecule has 1 aromatic heterocycles. The van der Waals surface area contributed by atoms with E-state index in [0.29, 0.717) is 12.6 Å². The van der Waals surface area contributed by atoms with Gasteiger partial charge in [-0.2, -0.15) is 0 Å². The zero-order valence-electron chi connectivity index (χ0n) is 13.0. The van der Waals surface area contributed by atoms with Gasteiger partial charge in [-0.3, -0.25) is 0 Å². The number of aromatic nitrogens is 1. The van der Waals surface area contributed by atoms with Crippen molar-refractivity contribution in [1.82, 2.24) is 4.98 Å². The lowest BCUT2D eigenvalue weighted by atomic mass is 10.1. The van der Waals surface area contributed by atoms with Gasteiger partial charge in [0.15, 0.2) is 0 Å². The van der Waals surface area contributed by atoms with Crippen molar-refractivity contribution in [2.45, 2.75) is 18.9 Å². The highest BCUT2D eigenvalue weighted by Gasteiger charge is 2.16. The second-order valence-electron chi connectivity index (χ2n) is 5.38. The number of aryl methyl sites for hydroxylation is 1. The Kier molecular flexibility index (Phi) is 4.61.